The molecule has 1 aliphatic carbocycles. The van der Waals surface area contributed by atoms with Crippen molar-refractivity contribution in [3.8, 4) is 11.5 Å². The van der Waals surface area contributed by atoms with Gasteiger partial charge in [0.1, 0.15) is 0 Å². The Labute approximate surface area is 165 Å². The van der Waals surface area contributed by atoms with Gasteiger partial charge in [0, 0.05) is 23.3 Å². The van der Waals surface area contributed by atoms with Gasteiger partial charge in [0.2, 0.25) is 0 Å². The topological polar surface area (TPSA) is 70.6 Å². The van der Waals surface area contributed by atoms with Gasteiger partial charge in [0.15, 0.2) is 17.3 Å². The summed E-state index contributed by atoms with van der Waals surface area (Å²) in [7, 11) is 0. The van der Waals surface area contributed by atoms with Gasteiger partial charge < -0.3 is 20.5 Å². The maximum absolute atomic E-state index is 13.2. The van der Waals surface area contributed by atoms with Crippen molar-refractivity contribution in [2.75, 3.05) is 17.2 Å². The van der Waals surface area contributed by atoms with Crippen LogP contribution in [0.25, 0.3) is 0 Å². The largest absolute Gasteiger partial charge is 0.504 e. The van der Waals surface area contributed by atoms with Gasteiger partial charge >= 0.3 is 0 Å². The van der Waals surface area contributed by atoms with E-state index in [0.717, 1.165) is 23.5 Å². The third-order valence-electron chi connectivity index (χ3n) is 5.36. The molecule has 0 saturated heterocycles. The number of hydrogen-bond acceptors (Lipinski definition) is 5. The van der Waals surface area contributed by atoms with E-state index in [1.54, 1.807) is 6.07 Å². The van der Waals surface area contributed by atoms with Gasteiger partial charge in [-0.3, -0.25) is 4.79 Å². The molecular formula is C23H26N2O3. The first-order valence-electron chi connectivity index (χ1n) is 9.73. The predicted octanol–water partition coefficient (Wildman–Crippen LogP) is 5.01. The first kappa shape index (κ1) is 18.4. The molecule has 2 aromatic rings. The second kappa shape index (κ2) is 6.89. The zero-order chi connectivity index (χ0) is 19.9. The summed E-state index contributed by atoms with van der Waals surface area (Å²) >= 11 is 0. The van der Waals surface area contributed by atoms with Crippen LogP contribution in [0.3, 0.4) is 0 Å². The average Bonchev–Trinajstić information content (AvgIpc) is 2.79. The summed E-state index contributed by atoms with van der Waals surface area (Å²) in [6.07, 6.45) is 1.25. The minimum absolute atomic E-state index is 0.0747. The molecule has 0 saturated carbocycles. The molecule has 0 bridgehead atoms. The molecule has 1 aliphatic heterocycles. The number of phenols is 1. The molecule has 4 rings (SSSR count). The molecule has 0 fully saturated rings. The highest BCUT2D eigenvalue weighted by molar-refractivity contribution is 6.01. The van der Waals surface area contributed by atoms with E-state index in [2.05, 4.69) is 24.5 Å². The average molecular weight is 378 g/mol. The summed E-state index contributed by atoms with van der Waals surface area (Å²) in [5.41, 5.74) is 3.98. The number of ether oxygens (including phenoxy) is 1. The number of nitrogens with one attached hydrogen (secondary N) is 2. The number of fused-ring (bicyclic) bond motifs is 1. The number of hydrogen-bond donors (Lipinski definition) is 3. The molecular weight excluding hydrogens is 352 g/mol. The first-order valence-corrected chi connectivity index (χ1v) is 9.73. The van der Waals surface area contributed by atoms with Crippen LogP contribution < -0.4 is 15.4 Å². The summed E-state index contributed by atoms with van der Waals surface area (Å²) in [4.78, 5) is 13.2. The Balaban J connectivity index is 1.89. The monoisotopic (exact) mass is 378 g/mol. The number of anilines is 2. The van der Waals surface area contributed by atoms with Crippen molar-refractivity contribution in [1.29, 1.82) is 0 Å². The van der Waals surface area contributed by atoms with E-state index >= 15 is 0 Å². The minimum Gasteiger partial charge on any atom is -0.504 e. The van der Waals surface area contributed by atoms with Gasteiger partial charge in [-0.25, -0.2) is 0 Å². The van der Waals surface area contributed by atoms with Crippen LogP contribution in [0.2, 0.25) is 0 Å². The van der Waals surface area contributed by atoms with Gasteiger partial charge in [0.25, 0.3) is 0 Å². The number of benzene rings is 2. The van der Waals surface area contributed by atoms with Crippen LogP contribution >= 0.6 is 0 Å². The van der Waals surface area contributed by atoms with E-state index in [0.29, 0.717) is 29.9 Å². The fourth-order valence-electron chi connectivity index (χ4n) is 4.17. The maximum Gasteiger partial charge on any atom is 0.163 e. The summed E-state index contributed by atoms with van der Waals surface area (Å²) in [5.74, 6) is 0.606. The standard InChI is InChI=1S/C23H26N2O3/c1-4-28-19-11-7-8-14(22(19)27)21-20-17(12-23(2,3)13-18(20)26)24-15-9-5-6-10-16(15)25-21/h5-11,21,24-25,27H,4,12-13H2,1-3H3/t21-/m0/s1. The van der Waals surface area contributed by atoms with E-state index in [9.17, 15) is 9.90 Å². The minimum atomic E-state index is -0.449. The second-order valence-corrected chi connectivity index (χ2v) is 8.21. The molecule has 5 heteroatoms. The molecule has 0 radical (unpaired) electrons. The van der Waals surface area contributed by atoms with Crippen LogP contribution in [0.4, 0.5) is 11.4 Å². The summed E-state index contributed by atoms with van der Waals surface area (Å²) in [6, 6.07) is 12.9. The summed E-state index contributed by atoms with van der Waals surface area (Å²) in [6.45, 7) is 6.57. The van der Waals surface area contributed by atoms with E-state index in [1.807, 2.05) is 43.3 Å². The zero-order valence-corrected chi connectivity index (χ0v) is 16.5. The van der Waals surface area contributed by atoms with Crippen LogP contribution in [0.15, 0.2) is 53.7 Å². The number of rotatable bonds is 3. The Hall–Kier alpha value is -2.95. The Kier molecular flexibility index (Phi) is 4.53. The number of aromatic hydroxyl groups is 1. The van der Waals surface area contributed by atoms with Gasteiger partial charge in [0.05, 0.1) is 24.0 Å². The zero-order valence-electron chi connectivity index (χ0n) is 16.5. The van der Waals surface area contributed by atoms with E-state index in [1.165, 1.54) is 0 Å². The van der Waals surface area contributed by atoms with E-state index in [-0.39, 0.29) is 16.9 Å². The fourth-order valence-corrected chi connectivity index (χ4v) is 4.17. The summed E-state index contributed by atoms with van der Waals surface area (Å²) < 4.78 is 5.57. The molecule has 5 nitrogen and oxygen atoms in total. The van der Waals surface area contributed by atoms with Crippen molar-refractivity contribution in [2.45, 2.75) is 39.7 Å². The Morgan fingerprint density at radius 2 is 1.86 bits per heavy atom. The lowest BCUT2D eigenvalue weighted by Gasteiger charge is -2.34. The lowest BCUT2D eigenvalue weighted by atomic mass is 9.73. The number of Topliss-reactive ketones (excluding diaryl/α,β-unsaturated/α-hetero) is 1. The molecule has 2 aliphatic rings. The number of carbonyl (C=O) groups is 1. The van der Waals surface area contributed by atoms with Gasteiger partial charge in [-0.05, 0) is 37.0 Å². The Morgan fingerprint density at radius 3 is 2.61 bits per heavy atom. The highest BCUT2D eigenvalue weighted by Crippen LogP contribution is 2.47. The molecule has 0 amide bonds. The van der Waals surface area contributed by atoms with Crippen molar-refractivity contribution in [3.63, 3.8) is 0 Å². The van der Waals surface area contributed by atoms with E-state index in [4.69, 9.17) is 4.74 Å². The highest BCUT2D eigenvalue weighted by Gasteiger charge is 2.39. The molecule has 2 aromatic carbocycles. The van der Waals surface area contributed by atoms with Gasteiger partial charge in [-0.1, -0.05) is 38.1 Å². The predicted molar refractivity (Wildman–Crippen MR) is 111 cm³/mol. The molecule has 28 heavy (non-hydrogen) atoms. The number of phenolic OH excluding ortho intramolecular Hbond substituents is 1. The Morgan fingerprint density at radius 1 is 1.11 bits per heavy atom. The van der Waals surface area contributed by atoms with Gasteiger partial charge in [-0.15, -0.1) is 0 Å². The van der Waals surface area contributed by atoms with Crippen molar-refractivity contribution < 1.29 is 14.6 Å². The number of para-hydroxylation sites is 3. The summed E-state index contributed by atoms with van der Waals surface area (Å²) in [5, 5.41) is 17.8. The molecule has 3 N–H and O–H groups in total. The number of carbonyl (C=O) groups excluding carboxylic acids is 1. The van der Waals surface area contributed by atoms with Crippen LogP contribution in [0.5, 0.6) is 11.5 Å². The third-order valence-corrected chi connectivity index (χ3v) is 5.36. The van der Waals surface area contributed by atoms with Crippen molar-refractivity contribution in [1.82, 2.24) is 0 Å². The Bertz CT molecular complexity index is 962. The fraction of sp³-hybridized carbons (Fsp3) is 0.348. The van der Waals surface area contributed by atoms with Crippen molar-refractivity contribution in [3.05, 3.63) is 59.3 Å². The smallest absolute Gasteiger partial charge is 0.163 e. The highest BCUT2D eigenvalue weighted by atomic mass is 16.5. The first-order chi connectivity index (χ1) is 13.4. The maximum atomic E-state index is 13.2. The van der Waals surface area contributed by atoms with Crippen LogP contribution in [-0.4, -0.2) is 17.5 Å². The SMILES string of the molecule is CCOc1cccc([C@@H]2Nc3ccccc3NC3=C2C(=O)CC(C)(C)C3)c1O. The van der Waals surface area contributed by atoms with Crippen LogP contribution in [-0.2, 0) is 4.79 Å². The number of allylic oxidation sites excluding steroid dienone is 1. The molecule has 1 atom stereocenters. The molecule has 0 aromatic heterocycles. The van der Waals surface area contributed by atoms with Crippen LogP contribution in [0.1, 0.15) is 45.2 Å². The molecule has 146 valence electrons. The third kappa shape index (κ3) is 3.21. The molecule has 1 heterocycles. The quantitative estimate of drug-likeness (QED) is 0.700. The lowest BCUT2D eigenvalue weighted by Crippen LogP contribution is -2.31. The van der Waals surface area contributed by atoms with E-state index < -0.39 is 6.04 Å². The van der Waals surface area contributed by atoms with Crippen molar-refractivity contribution in [2.24, 2.45) is 5.41 Å². The van der Waals surface area contributed by atoms with Crippen LogP contribution in [0, 0.1) is 5.41 Å². The molecule has 0 spiro atoms. The molecule has 0 unspecified atom stereocenters. The van der Waals surface area contributed by atoms with Crippen molar-refractivity contribution >= 4 is 17.2 Å². The second-order valence-electron chi connectivity index (χ2n) is 8.21. The lowest BCUT2D eigenvalue weighted by molar-refractivity contribution is -0.118. The number of ketones is 1. The van der Waals surface area contributed by atoms with Gasteiger partial charge in [-0.2, -0.15) is 0 Å². The normalized spacial score (nSPS) is 20.4.